The molecule has 0 aromatic heterocycles. The molecule has 2 aliphatic heterocycles. The van der Waals surface area contributed by atoms with E-state index < -0.39 is 0 Å². The minimum absolute atomic E-state index is 0.207. The van der Waals surface area contributed by atoms with Gasteiger partial charge >= 0.3 is 0 Å². The Bertz CT molecular complexity index is 269. The highest BCUT2D eigenvalue weighted by atomic mass is 15.3. The topological polar surface area (TPSA) is 32.5 Å². The maximum Gasteiger partial charge on any atom is 0.0440 e. The largest absolute Gasteiger partial charge is 0.323 e. The SMILES string of the molecule is CN1CCCCC1CCN1CC(N)(C2CC2)C1. The Morgan fingerprint density at radius 2 is 1.94 bits per heavy atom. The number of hydrogen-bond acceptors (Lipinski definition) is 3. The second kappa shape index (κ2) is 4.52. The molecule has 1 aliphatic carbocycles. The molecular weight excluding hydrogens is 210 g/mol. The summed E-state index contributed by atoms with van der Waals surface area (Å²) in [7, 11) is 2.29. The van der Waals surface area contributed by atoms with Crippen LogP contribution in [0.4, 0.5) is 0 Å². The van der Waals surface area contributed by atoms with Crippen molar-refractivity contribution in [3.8, 4) is 0 Å². The molecule has 3 aliphatic rings. The number of nitrogens with two attached hydrogens (primary N) is 1. The van der Waals surface area contributed by atoms with Gasteiger partial charge < -0.3 is 10.6 Å². The van der Waals surface area contributed by atoms with Gasteiger partial charge in [0, 0.05) is 24.7 Å². The molecule has 0 radical (unpaired) electrons. The van der Waals surface area contributed by atoms with E-state index in [0.717, 1.165) is 25.0 Å². The van der Waals surface area contributed by atoms with Gasteiger partial charge in [-0.15, -0.1) is 0 Å². The summed E-state index contributed by atoms with van der Waals surface area (Å²) < 4.78 is 0. The van der Waals surface area contributed by atoms with E-state index in [2.05, 4.69) is 16.8 Å². The molecular formula is C14H27N3. The molecule has 3 heteroatoms. The molecule has 3 rings (SSSR count). The molecule has 0 amide bonds. The van der Waals surface area contributed by atoms with Crippen LogP contribution in [0.15, 0.2) is 0 Å². The van der Waals surface area contributed by atoms with Gasteiger partial charge in [-0.25, -0.2) is 0 Å². The third-order valence-electron chi connectivity index (χ3n) is 5.13. The third-order valence-corrected chi connectivity index (χ3v) is 5.13. The first-order valence-electron chi connectivity index (χ1n) is 7.39. The van der Waals surface area contributed by atoms with Gasteiger partial charge in [0.15, 0.2) is 0 Å². The molecule has 1 unspecified atom stereocenters. The van der Waals surface area contributed by atoms with Gasteiger partial charge in [-0.1, -0.05) is 6.42 Å². The van der Waals surface area contributed by atoms with E-state index in [1.165, 1.54) is 51.6 Å². The summed E-state index contributed by atoms with van der Waals surface area (Å²) in [6.07, 6.45) is 8.34. The summed E-state index contributed by atoms with van der Waals surface area (Å²) in [5.41, 5.74) is 6.59. The third kappa shape index (κ3) is 2.51. The maximum atomic E-state index is 6.38. The van der Waals surface area contributed by atoms with Crippen molar-refractivity contribution in [2.45, 2.75) is 50.1 Å². The number of hydrogen-bond donors (Lipinski definition) is 1. The summed E-state index contributed by atoms with van der Waals surface area (Å²) in [5, 5.41) is 0. The fourth-order valence-electron chi connectivity index (χ4n) is 3.70. The first-order valence-corrected chi connectivity index (χ1v) is 7.39. The minimum atomic E-state index is 0.207. The molecule has 2 N–H and O–H groups in total. The summed E-state index contributed by atoms with van der Waals surface area (Å²) in [5.74, 6) is 0.858. The van der Waals surface area contributed by atoms with Crippen LogP contribution >= 0.6 is 0 Å². The number of likely N-dealkylation sites (tertiary alicyclic amines) is 2. The molecule has 0 aromatic carbocycles. The fraction of sp³-hybridized carbons (Fsp3) is 1.00. The van der Waals surface area contributed by atoms with Gasteiger partial charge in [0.05, 0.1) is 0 Å². The maximum absolute atomic E-state index is 6.38. The molecule has 17 heavy (non-hydrogen) atoms. The van der Waals surface area contributed by atoms with Crippen LogP contribution in [0.5, 0.6) is 0 Å². The van der Waals surface area contributed by atoms with E-state index in [0.29, 0.717) is 0 Å². The molecule has 1 atom stereocenters. The number of piperidine rings is 1. The zero-order valence-electron chi connectivity index (χ0n) is 11.2. The van der Waals surface area contributed by atoms with E-state index in [4.69, 9.17) is 5.73 Å². The van der Waals surface area contributed by atoms with Gasteiger partial charge in [0.1, 0.15) is 0 Å². The average Bonchev–Trinajstić information content (AvgIpc) is 3.08. The van der Waals surface area contributed by atoms with E-state index in [1.807, 2.05) is 0 Å². The van der Waals surface area contributed by atoms with E-state index in [-0.39, 0.29) is 5.54 Å². The molecule has 0 bridgehead atoms. The standard InChI is InChI=1S/C14H27N3/c1-16-8-3-2-4-13(16)7-9-17-10-14(15,11-17)12-5-6-12/h12-13H,2-11,15H2,1H3. The van der Waals surface area contributed by atoms with E-state index in [9.17, 15) is 0 Å². The summed E-state index contributed by atoms with van der Waals surface area (Å²) in [6.45, 7) is 4.89. The molecule has 3 nitrogen and oxygen atoms in total. The van der Waals surface area contributed by atoms with Gasteiger partial charge in [0.25, 0.3) is 0 Å². The zero-order valence-corrected chi connectivity index (χ0v) is 11.2. The Labute approximate surface area is 105 Å². The Balaban J connectivity index is 1.38. The predicted molar refractivity (Wildman–Crippen MR) is 71.0 cm³/mol. The van der Waals surface area contributed by atoms with Gasteiger partial charge in [-0.2, -0.15) is 0 Å². The van der Waals surface area contributed by atoms with Crippen molar-refractivity contribution in [2.24, 2.45) is 11.7 Å². The molecule has 1 saturated carbocycles. The van der Waals surface area contributed by atoms with Crippen molar-refractivity contribution in [3.05, 3.63) is 0 Å². The monoisotopic (exact) mass is 237 g/mol. The second-order valence-electron chi connectivity index (χ2n) is 6.64. The Morgan fingerprint density at radius 1 is 1.18 bits per heavy atom. The fourth-order valence-corrected chi connectivity index (χ4v) is 3.70. The van der Waals surface area contributed by atoms with Gasteiger partial charge in [0.2, 0.25) is 0 Å². The highest BCUT2D eigenvalue weighted by molar-refractivity contribution is 5.08. The van der Waals surface area contributed by atoms with Gasteiger partial charge in [-0.3, -0.25) is 4.90 Å². The van der Waals surface area contributed by atoms with Crippen LogP contribution in [-0.2, 0) is 0 Å². The van der Waals surface area contributed by atoms with Crippen LogP contribution in [0.3, 0.4) is 0 Å². The number of nitrogens with zero attached hydrogens (tertiary/aromatic N) is 2. The summed E-state index contributed by atoms with van der Waals surface area (Å²) in [6, 6.07) is 0.831. The van der Waals surface area contributed by atoms with Crippen LogP contribution < -0.4 is 5.73 Å². The first-order chi connectivity index (χ1) is 8.17. The lowest BCUT2D eigenvalue weighted by molar-refractivity contribution is 0.0429. The highest BCUT2D eigenvalue weighted by Gasteiger charge is 2.49. The Morgan fingerprint density at radius 3 is 2.59 bits per heavy atom. The highest BCUT2D eigenvalue weighted by Crippen LogP contribution is 2.42. The molecule has 2 heterocycles. The van der Waals surface area contributed by atoms with Crippen LogP contribution in [0, 0.1) is 5.92 Å². The molecule has 2 saturated heterocycles. The number of rotatable bonds is 4. The lowest BCUT2D eigenvalue weighted by Gasteiger charge is -2.49. The molecule has 0 spiro atoms. The lowest BCUT2D eigenvalue weighted by atomic mass is 9.85. The second-order valence-corrected chi connectivity index (χ2v) is 6.64. The first kappa shape index (κ1) is 11.9. The van der Waals surface area contributed by atoms with Crippen LogP contribution in [0.25, 0.3) is 0 Å². The van der Waals surface area contributed by atoms with Crippen molar-refractivity contribution in [3.63, 3.8) is 0 Å². The predicted octanol–water partition coefficient (Wildman–Crippen LogP) is 1.28. The van der Waals surface area contributed by atoms with Crippen LogP contribution in [-0.4, -0.2) is 54.6 Å². The minimum Gasteiger partial charge on any atom is -0.323 e. The van der Waals surface area contributed by atoms with Crippen molar-refractivity contribution in [1.29, 1.82) is 0 Å². The average molecular weight is 237 g/mol. The quantitative estimate of drug-likeness (QED) is 0.799. The van der Waals surface area contributed by atoms with Crippen molar-refractivity contribution in [2.75, 3.05) is 33.2 Å². The van der Waals surface area contributed by atoms with E-state index in [1.54, 1.807) is 0 Å². The van der Waals surface area contributed by atoms with Crippen molar-refractivity contribution < 1.29 is 0 Å². The molecule has 0 aromatic rings. The van der Waals surface area contributed by atoms with Crippen LogP contribution in [0.1, 0.15) is 38.5 Å². The van der Waals surface area contributed by atoms with Crippen molar-refractivity contribution in [1.82, 2.24) is 9.80 Å². The Kier molecular flexibility index (Phi) is 3.18. The zero-order chi connectivity index (χ0) is 11.9. The van der Waals surface area contributed by atoms with Crippen molar-refractivity contribution >= 4 is 0 Å². The van der Waals surface area contributed by atoms with E-state index >= 15 is 0 Å². The van der Waals surface area contributed by atoms with Gasteiger partial charge in [-0.05, 0) is 58.2 Å². The molecule has 98 valence electrons. The molecule has 3 fully saturated rings. The van der Waals surface area contributed by atoms with Crippen LogP contribution in [0.2, 0.25) is 0 Å². The summed E-state index contributed by atoms with van der Waals surface area (Å²) in [4.78, 5) is 5.13. The smallest absolute Gasteiger partial charge is 0.0440 e. The Hall–Kier alpha value is -0.120. The lowest BCUT2D eigenvalue weighted by Crippen LogP contribution is -2.68. The summed E-state index contributed by atoms with van der Waals surface area (Å²) >= 11 is 0. The normalized spacial score (nSPS) is 34.6.